The first-order chi connectivity index (χ1) is 19.2. The van der Waals surface area contributed by atoms with Crippen LogP contribution in [0.1, 0.15) is 27.7 Å². The van der Waals surface area contributed by atoms with Gasteiger partial charge in [0.15, 0.2) is 11.6 Å². The molecular formula is C33H31BN4O2. The standard InChI is InChI=1S/C33H31BN4O2/c1-32(2,39)33(3,4)40-34-31-36-29(22-13-7-5-8-14-22)35-30(37-31)23-19-20-28-26(21-23)25-17-11-12-18-27(25)38(28)24-15-9-6-10-16-24/h5-21,34,39H,1-4H3. The number of hydrogen-bond acceptors (Lipinski definition) is 5. The fourth-order valence-electron chi connectivity index (χ4n) is 4.72. The molecule has 1 N–H and O–H groups in total. The van der Waals surface area contributed by atoms with Gasteiger partial charge in [-0.1, -0.05) is 66.7 Å². The molecule has 0 amide bonds. The van der Waals surface area contributed by atoms with Crippen LogP contribution >= 0.6 is 0 Å². The van der Waals surface area contributed by atoms with Gasteiger partial charge >= 0.3 is 7.48 Å². The quantitative estimate of drug-likeness (QED) is 0.265. The van der Waals surface area contributed by atoms with Crippen molar-refractivity contribution in [2.24, 2.45) is 0 Å². The van der Waals surface area contributed by atoms with Gasteiger partial charge < -0.3 is 14.3 Å². The van der Waals surface area contributed by atoms with Crippen LogP contribution in [0.25, 0.3) is 50.3 Å². The van der Waals surface area contributed by atoms with Crippen molar-refractivity contribution in [3.8, 4) is 28.5 Å². The summed E-state index contributed by atoms with van der Waals surface area (Å²) >= 11 is 0. The first kappa shape index (κ1) is 25.9. The molecular weight excluding hydrogens is 495 g/mol. The molecule has 0 aliphatic carbocycles. The lowest BCUT2D eigenvalue weighted by Crippen LogP contribution is -2.49. The van der Waals surface area contributed by atoms with Crippen LogP contribution in [0.3, 0.4) is 0 Å². The lowest BCUT2D eigenvalue weighted by molar-refractivity contribution is -0.0894. The number of rotatable bonds is 7. The third-order valence-corrected chi connectivity index (χ3v) is 7.69. The van der Waals surface area contributed by atoms with Crippen LogP contribution < -0.4 is 5.72 Å². The van der Waals surface area contributed by atoms with Crippen molar-refractivity contribution >= 4 is 35.0 Å². The molecule has 2 heterocycles. The smallest absolute Gasteiger partial charge is 0.353 e. The number of para-hydroxylation sites is 2. The molecule has 0 radical (unpaired) electrons. The minimum absolute atomic E-state index is 0.141. The van der Waals surface area contributed by atoms with E-state index in [2.05, 4.69) is 71.3 Å². The van der Waals surface area contributed by atoms with Crippen molar-refractivity contribution in [1.29, 1.82) is 0 Å². The summed E-state index contributed by atoms with van der Waals surface area (Å²) in [4.78, 5) is 14.5. The monoisotopic (exact) mass is 526 g/mol. The van der Waals surface area contributed by atoms with Crippen molar-refractivity contribution in [2.75, 3.05) is 0 Å². The highest BCUT2D eigenvalue weighted by Crippen LogP contribution is 2.34. The number of aliphatic hydroxyl groups is 1. The Kier molecular flexibility index (Phi) is 6.49. The number of benzene rings is 4. The van der Waals surface area contributed by atoms with Crippen molar-refractivity contribution in [2.45, 2.75) is 38.9 Å². The number of fused-ring (bicyclic) bond motifs is 3. The lowest BCUT2D eigenvalue weighted by Gasteiger charge is -2.37. The highest BCUT2D eigenvalue weighted by molar-refractivity contribution is 6.44. The van der Waals surface area contributed by atoms with Crippen LogP contribution in [-0.4, -0.2) is 43.3 Å². The molecule has 4 aromatic carbocycles. The van der Waals surface area contributed by atoms with Crippen LogP contribution in [0.4, 0.5) is 0 Å². The van der Waals surface area contributed by atoms with E-state index in [0.717, 1.165) is 38.6 Å². The summed E-state index contributed by atoms with van der Waals surface area (Å²) in [5.41, 5.74) is 3.83. The molecule has 6 nitrogen and oxygen atoms in total. The van der Waals surface area contributed by atoms with Gasteiger partial charge in [0.2, 0.25) is 0 Å². The second-order valence-corrected chi connectivity index (χ2v) is 11.0. The summed E-state index contributed by atoms with van der Waals surface area (Å²) < 4.78 is 8.42. The summed E-state index contributed by atoms with van der Waals surface area (Å²) in [6.07, 6.45) is 0. The second-order valence-electron chi connectivity index (χ2n) is 11.0. The van der Waals surface area contributed by atoms with Crippen LogP contribution in [0, 0.1) is 0 Å². The van der Waals surface area contributed by atoms with Gasteiger partial charge in [-0.15, -0.1) is 0 Å². The second kappa shape index (κ2) is 10.0. The molecule has 40 heavy (non-hydrogen) atoms. The molecule has 0 spiro atoms. The molecule has 2 aromatic heterocycles. The first-order valence-electron chi connectivity index (χ1n) is 13.5. The van der Waals surface area contributed by atoms with E-state index >= 15 is 0 Å². The summed E-state index contributed by atoms with van der Waals surface area (Å²) in [5, 5.41) is 12.9. The van der Waals surface area contributed by atoms with Crippen molar-refractivity contribution < 1.29 is 9.76 Å². The molecule has 0 unspecified atom stereocenters. The lowest BCUT2D eigenvalue weighted by atomic mass is 9.86. The largest absolute Gasteiger partial charge is 0.423 e. The molecule has 0 aliphatic rings. The Hall–Kier alpha value is -4.33. The topological polar surface area (TPSA) is 73.1 Å². The molecule has 198 valence electrons. The fourth-order valence-corrected chi connectivity index (χ4v) is 4.72. The van der Waals surface area contributed by atoms with E-state index in [0.29, 0.717) is 17.4 Å². The van der Waals surface area contributed by atoms with Gasteiger partial charge in [0.05, 0.1) is 22.2 Å². The van der Waals surface area contributed by atoms with Gasteiger partial charge in [0.25, 0.3) is 0 Å². The van der Waals surface area contributed by atoms with E-state index in [1.54, 1.807) is 13.8 Å². The molecule has 7 heteroatoms. The first-order valence-corrected chi connectivity index (χ1v) is 13.5. The van der Waals surface area contributed by atoms with E-state index in [1.165, 1.54) is 0 Å². The predicted molar refractivity (Wildman–Crippen MR) is 163 cm³/mol. The maximum Gasteiger partial charge on any atom is 0.353 e. The van der Waals surface area contributed by atoms with Gasteiger partial charge in [0, 0.05) is 27.6 Å². The summed E-state index contributed by atoms with van der Waals surface area (Å²) in [6.45, 7) is 7.21. The van der Waals surface area contributed by atoms with E-state index in [9.17, 15) is 5.11 Å². The Bertz CT molecular complexity index is 1810. The zero-order chi connectivity index (χ0) is 27.9. The Morgan fingerprint density at radius 2 is 1.25 bits per heavy atom. The third-order valence-electron chi connectivity index (χ3n) is 7.69. The molecule has 6 rings (SSSR count). The molecule has 0 aliphatic heterocycles. The number of nitrogens with zero attached hydrogens (tertiary/aromatic N) is 4. The molecule has 0 atom stereocenters. The summed E-state index contributed by atoms with van der Waals surface area (Å²) in [5.74, 6) is 1.16. The van der Waals surface area contributed by atoms with Crippen molar-refractivity contribution in [3.05, 3.63) is 103 Å². The maximum absolute atomic E-state index is 10.6. The third kappa shape index (κ3) is 4.79. The van der Waals surface area contributed by atoms with E-state index < -0.39 is 11.2 Å². The average Bonchev–Trinajstić information content (AvgIpc) is 3.30. The molecule has 6 aromatic rings. The van der Waals surface area contributed by atoms with Gasteiger partial charge in [-0.25, -0.2) is 15.0 Å². The molecule has 0 fully saturated rings. The van der Waals surface area contributed by atoms with E-state index in [4.69, 9.17) is 19.6 Å². The average molecular weight is 526 g/mol. The van der Waals surface area contributed by atoms with Crippen LogP contribution in [0.15, 0.2) is 103 Å². The highest BCUT2D eigenvalue weighted by Gasteiger charge is 2.36. The SMILES string of the molecule is CC(C)(O)C(C)(C)OBc1nc(-c2ccccc2)nc(-c2ccc3c(c2)c2ccccc2n3-c2ccccc2)n1. The Morgan fingerprint density at radius 3 is 1.95 bits per heavy atom. The maximum atomic E-state index is 10.6. The Labute approximate surface area is 234 Å². The van der Waals surface area contributed by atoms with Crippen molar-refractivity contribution in [3.63, 3.8) is 0 Å². The normalized spacial score (nSPS) is 12.2. The zero-order valence-electron chi connectivity index (χ0n) is 23.2. The summed E-state index contributed by atoms with van der Waals surface area (Å²) in [7, 11) is 0.141. The predicted octanol–water partition coefficient (Wildman–Crippen LogP) is 5.85. The minimum atomic E-state index is -1.04. The van der Waals surface area contributed by atoms with Crippen LogP contribution in [-0.2, 0) is 4.65 Å². The Morgan fingerprint density at radius 1 is 0.650 bits per heavy atom. The van der Waals surface area contributed by atoms with Gasteiger partial charge in [-0.05, 0) is 64.1 Å². The van der Waals surface area contributed by atoms with Crippen LogP contribution in [0.5, 0.6) is 0 Å². The van der Waals surface area contributed by atoms with Crippen LogP contribution in [0.2, 0.25) is 0 Å². The number of aromatic nitrogens is 4. The van der Waals surface area contributed by atoms with Gasteiger partial charge in [0.1, 0.15) is 5.72 Å². The van der Waals surface area contributed by atoms with E-state index in [1.807, 2.05) is 50.2 Å². The van der Waals surface area contributed by atoms with Gasteiger partial charge in [-0.2, -0.15) is 0 Å². The fraction of sp³-hybridized carbons (Fsp3) is 0.182. The van der Waals surface area contributed by atoms with Crippen molar-refractivity contribution in [1.82, 2.24) is 19.5 Å². The zero-order valence-corrected chi connectivity index (χ0v) is 23.2. The molecule has 0 bridgehead atoms. The van der Waals surface area contributed by atoms with Gasteiger partial charge in [-0.3, -0.25) is 0 Å². The van der Waals surface area contributed by atoms with E-state index in [-0.39, 0.29) is 7.48 Å². The molecule has 0 saturated carbocycles. The number of hydrogen-bond donors (Lipinski definition) is 1. The minimum Gasteiger partial charge on any atom is -0.423 e. The molecule has 0 saturated heterocycles. The summed E-state index contributed by atoms with van der Waals surface area (Å²) in [6, 6.07) is 35.1. The highest BCUT2D eigenvalue weighted by atomic mass is 16.5. The Balaban J connectivity index is 1.49.